The lowest BCUT2D eigenvalue weighted by Gasteiger charge is -2.19. The van der Waals surface area contributed by atoms with Crippen molar-refractivity contribution in [1.82, 2.24) is 5.32 Å². The molecule has 1 amide bonds. The van der Waals surface area contributed by atoms with Gasteiger partial charge in [-0.1, -0.05) is 13.0 Å². The van der Waals surface area contributed by atoms with Gasteiger partial charge < -0.3 is 20.3 Å². The molecule has 1 rings (SSSR count). The number of phenols is 1. The number of hydrogen-bond acceptors (Lipinski definition) is 4. The largest absolute Gasteiger partial charge is 0.504 e. The Labute approximate surface area is 106 Å². The predicted molar refractivity (Wildman–Crippen MR) is 67.8 cm³/mol. The van der Waals surface area contributed by atoms with Crippen molar-refractivity contribution in [2.24, 2.45) is 5.92 Å². The van der Waals surface area contributed by atoms with E-state index in [0.717, 1.165) is 0 Å². The molecule has 5 heteroatoms. The van der Waals surface area contributed by atoms with Crippen LogP contribution in [0.1, 0.15) is 24.2 Å². The van der Waals surface area contributed by atoms with E-state index in [-0.39, 0.29) is 41.5 Å². The van der Waals surface area contributed by atoms with E-state index in [0.29, 0.717) is 0 Å². The predicted octanol–water partition coefficient (Wildman–Crippen LogP) is 1.15. The molecule has 18 heavy (non-hydrogen) atoms. The highest BCUT2D eigenvalue weighted by atomic mass is 16.5. The van der Waals surface area contributed by atoms with Gasteiger partial charge >= 0.3 is 0 Å². The van der Waals surface area contributed by atoms with Crippen molar-refractivity contribution in [3.8, 4) is 11.5 Å². The van der Waals surface area contributed by atoms with Crippen molar-refractivity contribution >= 4 is 5.91 Å². The van der Waals surface area contributed by atoms with E-state index in [4.69, 9.17) is 9.84 Å². The molecule has 2 unspecified atom stereocenters. The van der Waals surface area contributed by atoms with Gasteiger partial charge in [0.1, 0.15) is 0 Å². The molecule has 0 spiro atoms. The van der Waals surface area contributed by atoms with Gasteiger partial charge in [0.05, 0.1) is 12.7 Å². The fourth-order valence-electron chi connectivity index (χ4n) is 1.46. The van der Waals surface area contributed by atoms with Gasteiger partial charge in [0.15, 0.2) is 11.5 Å². The number of aromatic hydroxyl groups is 1. The number of rotatable bonds is 5. The van der Waals surface area contributed by atoms with Crippen molar-refractivity contribution < 1.29 is 19.7 Å². The second kappa shape index (κ2) is 6.26. The van der Waals surface area contributed by atoms with Gasteiger partial charge in [-0.3, -0.25) is 4.79 Å². The zero-order chi connectivity index (χ0) is 13.7. The SMILES string of the molecule is COc1cccc(C(=O)NC(C)C(C)CO)c1O. The molecule has 0 heterocycles. The van der Waals surface area contributed by atoms with Gasteiger partial charge in [-0.25, -0.2) is 0 Å². The van der Waals surface area contributed by atoms with Crippen molar-refractivity contribution in [2.75, 3.05) is 13.7 Å². The Morgan fingerprint density at radius 2 is 2.11 bits per heavy atom. The molecule has 5 nitrogen and oxygen atoms in total. The number of amides is 1. The van der Waals surface area contributed by atoms with Crippen molar-refractivity contribution in [3.63, 3.8) is 0 Å². The average molecular weight is 253 g/mol. The first-order valence-electron chi connectivity index (χ1n) is 5.79. The van der Waals surface area contributed by atoms with Gasteiger partial charge in [0.2, 0.25) is 0 Å². The summed E-state index contributed by atoms with van der Waals surface area (Å²) in [7, 11) is 1.42. The van der Waals surface area contributed by atoms with Gasteiger partial charge in [-0.05, 0) is 25.0 Å². The van der Waals surface area contributed by atoms with Crippen molar-refractivity contribution in [2.45, 2.75) is 19.9 Å². The van der Waals surface area contributed by atoms with Crippen LogP contribution < -0.4 is 10.1 Å². The molecule has 0 aliphatic carbocycles. The Kier molecular flexibility index (Phi) is 4.97. The quantitative estimate of drug-likeness (QED) is 0.735. The second-order valence-electron chi connectivity index (χ2n) is 4.28. The third kappa shape index (κ3) is 3.13. The van der Waals surface area contributed by atoms with Crippen LogP contribution in [0.2, 0.25) is 0 Å². The third-order valence-electron chi connectivity index (χ3n) is 2.96. The van der Waals surface area contributed by atoms with Gasteiger partial charge in [-0.2, -0.15) is 0 Å². The molecule has 0 saturated heterocycles. The molecule has 0 bridgehead atoms. The van der Waals surface area contributed by atoms with Crippen LogP contribution in [0.5, 0.6) is 11.5 Å². The van der Waals surface area contributed by atoms with Crippen LogP contribution in [0.4, 0.5) is 0 Å². The number of carbonyl (C=O) groups excluding carboxylic acids is 1. The molecule has 0 radical (unpaired) electrons. The second-order valence-corrected chi connectivity index (χ2v) is 4.28. The van der Waals surface area contributed by atoms with E-state index < -0.39 is 0 Å². The van der Waals surface area contributed by atoms with Crippen LogP contribution in [0, 0.1) is 5.92 Å². The molecular weight excluding hydrogens is 234 g/mol. The third-order valence-corrected chi connectivity index (χ3v) is 2.96. The number of nitrogens with one attached hydrogen (secondary N) is 1. The highest BCUT2D eigenvalue weighted by Crippen LogP contribution is 2.29. The minimum Gasteiger partial charge on any atom is -0.504 e. The molecule has 0 fully saturated rings. The number of aliphatic hydroxyl groups is 1. The average Bonchev–Trinajstić information content (AvgIpc) is 2.37. The molecule has 1 aromatic rings. The van der Waals surface area contributed by atoms with Gasteiger partial charge in [-0.15, -0.1) is 0 Å². The van der Waals surface area contributed by atoms with Crippen LogP contribution in [0.3, 0.4) is 0 Å². The summed E-state index contributed by atoms with van der Waals surface area (Å²) >= 11 is 0. The van der Waals surface area contributed by atoms with Crippen LogP contribution in [-0.4, -0.2) is 35.9 Å². The highest BCUT2D eigenvalue weighted by Gasteiger charge is 2.19. The van der Waals surface area contributed by atoms with E-state index in [1.165, 1.54) is 13.2 Å². The lowest BCUT2D eigenvalue weighted by molar-refractivity contribution is 0.0913. The Bertz CT molecular complexity index is 419. The van der Waals surface area contributed by atoms with E-state index in [1.54, 1.807) is 19.1 Å². The summed E-state index contributed by atoms with van der Waals surface area (Å²) in [5, 5.41) is 21.6. The topological polar surface area (TPSA) is 78.8 Å². The lowest BCUT2D eigenvalue weighted by Crippen LogP contribution is -2.38. The first kappa shape index (κ1) is 14.3. The van der Waals surface area contributed by atoms with Crippen LogP contribution in [-0.2, 0) is 0 Å². The maximum absolute atomic E-state index is 12.0. The number of methoxy groups -OCH3 is 1. The summed E-state index contributed by atoms with van der Waals surface area (Å²) in [6.07, 6.45) is 0. The number of benzene rings is 1. The summed E-state index contributed by atoms with van der Waals surface area (Å²) in [5.41, 5.74) is 0.159. The highest BCUT2D eigenvalue weighted by molar-refractivity contribution is 5.97. The zero-order valence-electron chi connectivity index (χ0n) is 10.8. The van der Waals surface area contributed by atoms with E-state index in [1.807, 2.05) is 6.92 Å². The smallest absolute Gasteiger partial charge is 0.255 e. The normalized spacial score (nSPS) is 13.8. The lowest BCUT2D eigenvalue weighted by atomic mass is 10.0. The molecular formula is C13H19NO4. The van der Waals surface area contributed by atoms with Gasteiger partial charge in [0, 0.05) is 12.6 Å². The fourth-order valence-corrected chi connectivity index (χ4v) is 1.46. The van der Waals surface area contributed by atoms with E-state index >= 15 is 0 Å². The first-order valence-corrected chi connectivity index (χ1v) is 5.79. The number of carbonyl (C=O) groups is 1. The molecule has 0 aromatic heterocycles. The number of para-hydroxylation sites is 1. The Hall–Kier alpha value is -1.75. The van der Waals surface area contributed by atoms with Gasteiger partial charge in [0.25, 0.3) is 5.91 Å². The monoisotopic (exact) mass is 253 g/mol. The summed E-state index contributed by atoms with van der Waals surface area (Å²) in [4.78, 5) is 12.0. The first-order chi connectivity index (χ1) is 8.51. The van der Waals surface area contributed by atoms with E-state index in [9.17, 15) is 9.90 Å². The Morgan fingerprint density at radius 1 is 1.44 bits per heavy atom. The molecule has 1 aromatic carbocycles. The maximum atomic E-state index is 12.0. The number of hydrogen-bond donors (Lipinski definition) is 3. The molecule has 0 aliphatic heterocycles. The van der Waals surface area contributed by atoms with Crippen molar-refractivity contribution in [3.05, 3.63) is 23.8 Å². The molecule has 0 saturated carbocycles. The molecule has 3 N–H and O–H groups in total. The standard InChI is InChI=1S/C13H19NO4/c1-8(7-15)9(2)14-13(17)10-5-4-6-11(18-3)12(10)16/h4-6,8-9,15-16H,7H2,1-3H3,(H,14,17). The number of ether oxygens (including phenoxy) is 1. The van der Waals surface area contributed by atoms with Crippen LogP contribution in [0.25, 0.3) is 0 Å². The summed E-state index contributed by atoms with van der Waals surface area (Å²) in [6.45, 7) is 3.62. The number of phenolic OH excluding ortho intramolecular Hbond substituents is 1. The molecule has 0 aliphatic rings. The minimum atomic E-state index is -0.390. The zero-order valence-corrected chi connectivity index (χ0v) is 10.8. The van der Waals surface area contributed by atoms with Crippen LogP contribution in [0.15, 0.2) is 18.2 Å². The summed E-state index contributed by atoms with van der Waals surface area (Å²) < 4.78 is 4.94. The van der Waals surface area contributed by atoms with Crippen LogP contribution >= 0.6 is 0 Å². The Morgan fingerprint density at radius 3 is 2.67 bits per heavy atom. The number of aliphatic hydroxyl groups excluding tert-OH is 1. The molecule has 100 valence electrons. The van der Waals surface area contributed by atoms with Crippen molar-refractivity contribution in [1.29, 1.82) is 0 Å². The fraction of sp³-hybridized carbons (Fsp3) is 0.462. The van der Waals surface area contributed by atoms with E-state index in [2.05, 4.69) is 5.32 Å². The summed E-state index contributed by atoms with van der Waals surface area (Å²) in [6, 6.07) is 4.54. The Balaban J connectivity index is 2.85. The minimum absolute atomic E-state index is 0.00839. The summed E-state index contributed by atoms with van der Waals surface area (Å²) in [5.74, 6) is -0.368. The maximum Gasteiger partial charge on any atom is 0.255 e. The molecule has 2 atom stereocenters.